The molecule has 0 atom stereocenters. The van der Waals surface area contributed by atoms with Crippen LogP contribution in [0.5, 0.6) is 0 Å². The highest BCUT2D eigenvalue weighted by molar-refractivity contribution is 5.92. The minimum absolute atomic E-state index is 0.157. The molecule has 2 aromatic heterocycles. The van der Waals surface area contributed by atoms with Gasteiger partial charge in [0, 0.05) is 36.3 Å². The second-order valence-corrected chi connectivity index (χ2v) is 5.93. The van der Waals surface area contributed by atoms with Gasteiger partial charge in [0.25, 0.3) is 5.91 Å². The number of nitrogens with zero attached hydrogens (tertiary/aromatic N) is 2. The third-order valence-electron chi connectivity index (χ3n) is 4.09. The molecule has 3 N–H and O–H groups in total. The number of aromatic amines is 1. The van der Waals surface area contributed by atoms with Crippen molar-refractivity contribution in [3.63, 3.8) is 0 Å². The van der Waals surface area contributed by atoms with Crippen molar-refractivity contribution in [2.24, 2.45) is 0 Å². The van der Waals surface area contributed by atoms with Crippen LogP contribution in [0, 0.1) is 0 Å². The van der Waals surface area contributed by atoms with Gasteiger partial charge < -0.3 is 15.6 Å². The summed E-state index contributed by atoms with van der Waals surface area (Å²) < 4.78 is 0. The summed E-state index contributed by atoms with van der Waals surface area (Å²) in [6, 6.07) is 9.94. The fourth-order valence-corrected chi connectivity index (χ4v) is 2.71. The average molecular weight is 337 g/mol. The molecule has 0 bridgehead atoms. The Labute approximate surface area is 147 Å². The highest BCUT2D eigenvalue weighted by Gasteiger charge is 2.08. The Morgan fingerprint density at radius 3 is 2.96 bits per heavy atom. The predicted octanol–water partition coefficient (Wildman–Crippen LogP) is 3.14. The second-order valence-electron chi connectivity index (χ2n) is 5.93. The van der Waals surface area contributed by atoms with Crippen LogP contribution >= 0.6 is 0 Å². The minimum atomic E-state index is -0.157. The summed E-state index contributed by atoms with van der Waals surface area (Å²) >= 11 is 0. The number of carbonyl (C=O) groups excluding carboxylic acids is 1. The molecule has 0 saturated heterocycles. The molecular weight excluding hydrogens is 314 g/mol. The molecule has 25 heavy (non-hydrogen) atoms. The van der Waals surface area contributed by atoms with Gasteiger partial charge in [0.1, 0.15) is 17.8 Å². The lowest BCUT2D eigenvalue weighted by atomic mass is 10.1. The molecule has 6 heteroatoms. The number of fused-ring (bicyclic) bond motifs is 1. The average Bonchev–Trinajstić information content (AvgIpc) is 3.05. The van der Waals surface area contributed by atoms with Crippen LogP contribution in [0.4, 0.5) is 5.82 Å². The fraction of sp³-hybridized carbons (Fsp3) is 0.316. The van der Waals surface area contributed by atoms with Gasteiger partial charge in [0.2, 0.25) is 0 Å². The number of hydrogen-bond donors (Lipinski definition) is 3. The first-order valence-corrected chi connectivity index (χ1v) is 8.67. The summed E-state index contributed by atoms with van der Waals surface area (Å²) in [5.41, 5.74) is 2.79. The fourth-order valence-electron chi connectivity index (χ4n) is 2.71. The van der Waals surface area contributed by atoms with Crippen molar-refractivity contribution < 1.29 is 4.79 Å². The first-order valence-electron chi connectivity index (χ1n) is 8.67. The number of unbranched alkanes of at least 4 members (excludes halogenated alkanes) is 1. The smallest absolute Gasteiger partial charge is 0.270 e. The molecule has 0 unspecified atom stereocenters. The van der Waals surface area contributed by atoms with E-state index >= 15 is 0 Å². The lowest BCUT2D eigenvalue weighted by Crippen LogP contribution is -2.25. The van der Waals surface area contributed by atoms with Crippen LogP contribution in [0.1, 0.15) is 35.8 Å². The normalized spacial score (nSPS) is 10.8. The Bertz CT molecular complexity index is 842. The van der Waals surface area contributed by atoms with Crippen LogP contribution in [0.15, 0.2) is 42.9 Å². The number of anilines is 1. The SMILES string of the molecule is CCCCNC(=O)c1cc(NCCc2c[nH]c3ccccc23)ncn1. The predicted molar refractivity (Wildman–Crippen MR) is 99.8 cm³/mol. The summed E-state index contributed by atoms with van der Waals surface area (Å²) in [7, 11) is 0. The van der Waals surface area contributed by atoms with E-state index in [9.17, 15) is 4.79 Å². The van der Waals surface area contributed by atoms with Gasteiger partial charge >= 0.3 is 0 Å². The third-order valence-corrected chi connectivity index (χ3v) is 4.09. The lowest BCUT2D eigenvalue weighted by molar-refractivity contribution is 0.0948. The highest BCUT2D eigenvalue weighted by Crippen LogP contribution is 2.18. The molecule has 0 fully saturated rings. The molecule has 0 spiro atoms. The summed E-state index contributed by atoms with van der Waals surface area (Å²) in [6.07, 6.45) is 6.34. The number of nitrogens with one attached hydrogen (secondary N) is 3. The van der Waals surface area contributed by atoms with Crippen LogP contribution < -0.4 is 10.6 Å². The molecule has 1 aromatic carbocycles. The van der Waals surface area contributed by atoms with Crippen molar-refractivity contribution in [1.82, 2.24) is 20.3 Å². The molecule has 3 rings (SSSR count). The number of hydrogen-bond acceptors (Lipinski definition) is 4. The van der Waals surface area contributed by atoms with Gasteiger partial charge in [0.15, 0.2) is 0 Å². The number of para-hydroxylation sites is 1. The van der Waals surface area contributed by atoms with E-state index in [0.29, 0.717) is 18.1 Å². The summed E-state index contributed by atoms with van der Waals surface area (Å²) in [4.78, 5) is 23.6. The Balaban J connectivity index is 1.56. The zero-order valence-corrected chi connectivity index (χ0v) is 14.4. The van der Waals surface area contributed by atoms with Crippen LogP contribution in [0.3, 0.4) is 0 Å². The molecule has 1 amide bonds. The van der Waals surface area contributed by atoms with Crippen molar-refractivity contribution in [3.8, 4) is 0 Å². The molecule has 0 saturated carbocycles. The Morgan fingerprint density at radius 1 is 1.20 bits per heavy atom. The molecule has 0 aliphatic carbocycles. The van der Waals surface area contributed by atoms with E-state index < -0.39 is 0 Å². The van der Waals surface area contributed by atoms with Gasteiger partial charge in [-0.05, 0) is 24.5 Å². The van der Waals surface area contributed by atoms with Crippen molar-refractivity contribution in [2.75, 3.05) is 18.4 Å². The number of rotatable bonds is 8. The largest absolute Gasteiger partial charge is 0.370 e. The van der Waals surface area contributed by atoms with Gasteiger partial charge in [-0.25, -0.2) is 9.97 Å². The molecular formula is C19H23N5O. The number of amides is 1. The van der Waals surface area contributed by atoms with Crippen molar-refractivity contribution in [3.05, 3.63) is 54.1 Å². The number of H-pyrrole nitrogens is 1. The van der Waals surface area contributed by atoms with E-state index in [0.717, 1.165) is 31.3 Å². The molecule has 0 aliphatic heterocycles. The van der Waals surface area contributed by atoms with Gasteiger partial charge in [-0.3, -0.25) is 4.79 Å². The number of benzene rings is 1. The summed E-state index contributed by atoms with van der Waals surface area (Å²) in [5.74, 6) is 0.506. The van der Waals surface area contributed by atoms with E-state index in [1.165, 1.54) is 17.3 Å². The standard InChI is InChI=1S/C19H23N5O/c1-2-3-9-21-19(25)17-11-18(24-13-23-17)20-10-8-14-12-22-16-7-5-4-6-15(14)16/h4-7,11-13,22H,2-3,8-10H2,1H3,(H,21,25)(H,20,23,24). The maximum Gasteiger partial charge on any atom is 0.270 e. The van der Waals surface area contributed by atoms with E-state index in [1.54, 1.807) is 6.07 Å². The molecule has 130 valence electrons. The van der Waals surface area contributed by atoms with Gasteiger partial charge in [-0.2, -0.15) is 0 Å². The third kappa shape index (κ3) is 4.35. The number of aromatic nitrogens is 3. The van der Waals surface area contributed by atoms with Crippen LogP contribution in [-0.4, -0.2) is 33.9 Å². The monoisotopic (exact) mass is 337 g/mol. The van der Waals surface area contributed by atoms with E-state index in [-0.39, 0.29) is 5.91 Å². The Morgan fingerprint density at radius 2 is 2.08 bits per heavy atom. The minimum Gasteiger partial charge on any atom is -0.370 e. The van der Waals surface area contributed by atoms with Crippen molar-refractivity contribution in [2.45, 2.75) is 26.2 Å². The van der Waals surface area contributed by atoms with E-state index in [1.807, 2.05) is 18.3 Å². The van der Waals surface area contributed by atoms with Gasteiger partial charge in [0.05, 0.1) is 0 Å². The maximum atomic E-state index is 12.0. The van der Waals surface area contributed by atoms with Crippen LogP contribution in [-0.2, 0) is 6.42 Å². The zero-order valence-electron chi connectivity index (χ0n) is 14.4. The first-order chi connectivity index (χ1) is 12.3. The molecule has 2 heterocycles. The summed E-state index contributed by atoms with van der Waals surface area (Å²) in [6.45, 7) is 3.49. The van der Waals surface area contributed by atoms with E-state index in [2.05, 4.69) is 44.6 Å². The Hall–Kier alpha value is -2.89. The Kier molecular flexibility index (Phi) is 5.61. The molecule has 0 radical (unpaired) electrons. The van der Waals surface area contributed by atoms with Crippen LogP contribution in [0.2, 0.25) is 0 Å². The summed E-state index contributed by atoms with van der Waals surface area (Å²) in [5, 5.41) is 7.37. The molecule has 3 aromatic rings. The maximum absolute atomic E-state index is 12.0. The van der Waals surface area contributed by atoms with Crippen molar-refractivity contribution in [1.29, 1.82) is 0 Å². The lowest BCUT2D eigenvalue weighted by Gasteiger charge is -2.07. The first kappa shape index (κ1) is 17.0. The topological polar surface area (TPSA) is 82.7 Å². The second kappa shape index (κ2) is 8.28. The quantitative estimate of drug-likeness (QED) is 0.552. The van der Waals surface area contributed by atoms with Crippen LogP contribution in [0.25, 0.3) is 10.9 Å². The van der Waals surface area contributed by atoms with Gasteiger partial charge in [-0.1, -0.05) is 31.5 Å². The molecule has 6 nitrogen and oxygen atoms in total. The van der Waals surface area contributed by atoms with Crippen molar-refractivity contribution >= 4 is 22.6 Å². The number of carbonyl (C=O) groups is 1. The zero-order chi connectivity index (χ0) is 17.5. The van der Waals surface area contributed by atoms with E-state index in [4.69, 9.17) is 0 Å². The molecule has 0 aliphatic rings. The van der Waals surface area contributed by atoms with Gasteiger partial charge in [-0.15, -0.1) is 0 Å². The highest BCUT2D eigenvalue weighted by atomic mass is 16.1.